The third kappa shape index (κ3) is 2.73. The molecule has 0 aliphatic heterocycles. The van der Waals surface area contributed by atoms with Gasteiger partial charge in [-0.3, -0.25) is 4.57 Å². The van der Waals surface area contributed by atoms with Gasteiger partial charge in [-0.1, -0.05) is 0 Å². The second-order valence-electron chi connectivity index (χ2n) is 4.25. The van der Waals surface area contributed by atoms with Gasteiger partial charge in [0.1, 0.15) is 18.0 Å². The Kier molecular flexibility index (Phi) is 3.65. The normalized spacial score (nSPS) is 11.7. The first-order valence-electron chi connectivity index (χ1n) is 6.04. The number of aromatic nitrogens is 4. The molecule has 1 N–H and O–H groups in total. The lowest BCUT2D eigenvalue weighted by Crippen LogP contribution is -2.15. The molecule has 0 spiro atoms. The van der Waals surface area contributed by atoms with Crippen LogP contribution in [0.2, 0.25) is 0 Å². The Bertz CT molecular complexity index is 618. The lowest BCUT2D eigenvalue weighted by molar-refractivity contribution is -0.144. The molecule has 0 unspecified atom stereocenters. The fourth-order valence-corrected chi connectivity index (χ4v) is 1.69. The smallest absolute Gasteiger partial charge is 0.370 e. The largest absolute Gasteiger partial charge is 0.451 e. The molecule has 0 saturated heterocycles. The number of anilines is 1. The zero-order valence-electron chi connectivity index (χ0n) is 11.3. The van der Waals surface area contributed by atoms with Crippen molar-refractivity contribution in [1.29, 1.82) is 0 Å². The average Bonchev–Trinajstić information content (AvgIpc) is 2.69. The van der Waals surface area contributed by atoms with Gasteiger partial charge in [0.05, 0.1) is 5.69 Å². The molecule has 0 saturated carbocycles. The SMILES string of the molecule is CCNc1cc(-n2cnc(C)c2C)nc(C(F)(F)F)n1. The van der Waals surface area contributed by atoms with Gasteiger partial charge < -0.3 is 5.32 Å². The van der Waals surface area contributed by atoms with E-state index in [0.717, 1.165) is 11.4 Å². The second-order valence-corrected chi connectivity index (χ2v) is 4.25. The lowest BCUT2D eigenvalue weighted by atomic mass is 10.3. The van der Waals surface area contributed by atoms with Gasteiger partial charge in [-0.15, -0.1) is 0 Å². The van der Waals surface area contributed by atoms with Gasteiger partial charge in [-0.2, -0.15) is 13.2 Å². The van der Waals surface area contributed by atoms with Crippen LogP contribution in [0.3, 0.4) is 0 Å². The van der Waals surface area contributed by atoms with Gasteiger partial charge in [0.25, 0.3) is 0 Å². The first-order valence-corrected chi connectivity index (χ1v) is 6.04. The first kappa shape index (κ1) is 14.3. The summed E-state index contributed by atoms with van der Waals surface area (Å²) in [6.45, 7) is 5.80. The topological polar surface area (TPSA) is 55.6 Å². The molecule has 0 aromatic carbocycles. The van der Waals surface area contributed by atoms with Crippen LogP contribution in [0.15, 0.2) is 12.4 Å². The van der Waals surface area contributed by atoms with Gasteiger partial charge in [0.15, 0.2) is 0 Å². The molecule has 0 aliphatic rings. The number of rotatable bonds is 3. The van der Waals surface area contributed by atoms with Crippen LogP contribution < -0.4 is 5.32 Å². The van der Waals surface area contributed by atoms with E-state index in [1.165, 1.54) is 17.0 Å². The number of halogens is 3. The molecule has 108 valence electrons. The van der Waals surface area contributed by atoms with Crippen molar-refractivity contribution in [3.05, 3.63) is 29.6 Å². The molecule has 2 rings (SSSR count). The van der Waals surface area contributed by atoms with E-state index in [9.17, 15) is 13.2 Å². The van der Waals surface area contributed by atoms with E-state index in [1.54, 1.807) is 20.8 Å². The van der Waals surface area contributed by atoms with Crippen molar-refractivity contribution < 1.29 is 13.2 Å². The van der Waals surface area contributed by atoms with Gasteiger partial charge in [-0.25, -0.2) is 15.0 Å². The van der Waals surface area contributed by atoms with Crippen LogP contribution in [0.1, 0.15) is 24.1 Å². The summed E-state index contributed by atoms with van der Waals surface area (Å²) in [5.74, 6) is -0.895. The van der Waals surface area contributed by atoms with Crippen molar-refractivity contribution in [3.8, 4) is 5.82 Å². The standard InChI is InChI=1S/C12H14F3N5/c1-4-16-9-5-10(19-11(18-9)12(13,14)15)20-6-17-7(2)8(20)3/h5-6H,4H2,1-3H3,(H,16,18,19). The average molecular weight is 285 g/mol. The maximum Gasteiger partial charge on any atom is 0.451 e. The molecular formula is C12H14F3N5. The molecule has 0 radical (unpaired) electrons. The number of nitrogens with one attached hydrogen (secondary N) is 1. The summed E-state index contributed by atoms with van der Waals surface area (Å²) in [4.78, 5) is 11.1. The van der Waals surface area contributed by atoms with Crippen LogP contribution in [0.4, 0.5) is 19.0 Å². The Morgan fingerprint density at radius 3 is 2.45 bits per heavy atom. The van der Waals surface area contributed by atoms with Crippen LogP contribution in [0.5, 0.6) is 0 Å². The summed E-state index contributed by atoms with van der Waals surface area (Å²) in [6, 6.07) is 1.47. The van der Waals surface area contributed by atoms with Crippen molar-refractivity contribution in [1.82, 2.24) is 19.5 Å². The highest BCUT2D eigenvalue weighted by Gasteiger charge is 2.35. The zero-order chi connectivity index (χ0) is 14.9. The molecule has 0 fully saturated rings. The van der Waals surface area contributed by atoms with Gasteiger partial charge >= 0.3 is 6.18 Å². The van der Waals surface area contributed by atoms with Crippen molar-refractivity contribution in [2.75, 3.05) is 11.9 Å². The summed E-state index contributed by atoms with van der Waals surface area (Å²) >= 11 is 0. The summed E-state index contributed by atoms with van der Waals surface area (Å²) in [7, 11) is 0. The number of imidazole rings is 1. The molecule has 0 aliphatic carbocycles. The van der Waals surface area contributed by atoms with Crippen molar-refractivity contribution in [3.63, 3.8) is 0 Å². The highest BCUT2D eigenvalue weighted by atomic mass is 19.4. The maximum absolute atomic E-state index is 12.8. The Labute approximate surface area is 113 Å². The minimum Gasteiger partial charge on any atom is -0.370 e. The Morgan fingerprint density at radius 2 is 1.95 bits per heavy atom. The number of hydrogen-bond donors (Lipinski definition) is 1. The van der Waals surface area contributed by atoms with Gasteiger partial charge in [-0.05, 0) is 20.8 Å². The number of alkyl halides is 3. The fraction of sp³-hybridized carbons (Fsp3) is 0.417. The third-order valence-corrected chi connectivity index (χ3v) is 2.82. The van der Waals surface area contributed by atoms with E-state index < -0.39 is 12.0 Å². The first-order chi connectivity index (χ1) is 9.32. The number of nitrogens with zero attached hydrogens (tertiary/aromatic N) is 4. The summed E-state index contributed by atoms with van der Waals surface area (Å²) in [5.41, 5.74) is 1.47. The van der Waals surface area contributed by atoms with E-state index in [2.05, 4.69) is 20.3 Å². The molecule has 2 aromatic rings. The van der Waals surface area contributed by atoms with Crippen LogP contribution >= 0.6 is 0 Å². The Balaban J connectivity index is 2.58. The Morgan fingerprint density at radius 1 is 1.25 bits per heavy atom. The number of hydrogen-bond acceptors (Lipinski definition) is 4. The van der Waals surface area contributed by atoms with Crippen molar-refractivity contribution in [2.45, 2.75) is 26.9 Å². The molecule has 20 heavy (non-hydrogen) atoms. The molecule has 5 nitrogen and oxygen atoms in total. The third-order valence-electron chi connectivity index (χ3n) is 2.82. The van der Waals surface area contributed by atoms with E-state index in [1.807, 2.05) is 0 Å². The van der Waals surface area contributed by atoms with Crippen molar-refractivity contribution in [2.24, 2.45) is 0 Å². The molecule has 0 bridgehead atoms. The molecule has 2 aromatic heterocycles. The van der Waals surface area contributed by atoms with Crippen molar-refractivity contribution >= 4 is 5.82 Å². The predicted octanol–water partition coefficient (Wildman–Crippen LogP) is 2.73. The van der Waals surface area contributed by atoms with Crippen LogP contribution in [0.25, 0.3) is 5.82 Å². The molecule has 2 heterocycles. The minimum absolute atomic E-state index is 0.135. The number of aryl methyl sites for hydroxylation is 1. The van der Waals surface area contributed by atoms with Gasteiger partial charge in [0, 0.05) is 18.3 Å². The summed E-state index contributed by atoms with van der Waals surface area (Å²) in [5, 5.41) is 2.77. The van der Waals surface area contributed by atoms with E-state index >= 15 is 0 Å². The highest BCUT2D eigenvalue weighted by molar-refractivity contribution is 5.43. The monoisotopic (exact) mass is 285 g/mol. The molecule has 0 atom stereocenters. The van der Waals surface area contributed by atoms with Crippen LogP contribution in [-0.2, 0) is 6.18 Å². The van der Waals surface area contributed by atoms with Gasteiger partial charge in [0.2, 0.25) is 5.82 Å². The minimum atomic E-state index is -4.59. The van der Waals surface area contributed by atoms with Crippen LogP contribution in [0, 0.1) is 13.8 Å². The zero-order valence-corrected chi connectivity index (χ0v) is 11.3. The Hall–Kier alpha value is -2.12. The lowest BCUT2D eigenvalue weighted by Gasteiger charge is -2.12. The maximum atomic E-state index is 12.8. The highest BCUT2D eigenvalue weighted by Crippen LogP contribution is 2.28. The molecule has 0 amide bonds. The quantitative estimate of drug-likeness (QED) is 0.942. The van der Waals surface area contributed by atoms with E-state index in [0.29, 0.717) is 6.54 Å². The predicted molar refractivity (Wildman–Crippen MR) is 67.8 cm³/mol. The van der Waals surface area contributed by atoms with E-state index in [-0.39, 0.29) is 11.6 Å². The van der Waals surface area contributed by atoms with E-state index in [4.69, 9.17) is 0 Å². The summed E-state index contributed by atoms with van der Waals surface area (Å²) < 4.78 is 40.0. The van der Waals surface area contributed by atoms with Crippen LogP contribution in [-0.4, -0.2) is 26.1 Å². The molecule has 8 heteroatoms. The fourth-order valence-electron chi connectivity index (χ4n) is 1.69. The second kappa shape index (κ2) is 5.10. The molecular weight excluding hydrogens is 271 g/mol. The summed E-state index contributed by atoms with van der Waals surface area (Å²) in [6.07, 6.45) is -3.15.